The molecule has 0 bridgehead atoms. The largest absolute Gasteiger partial charge is 0.477 e. The molecule has 1 amide bonds. The molecule has 2 aromatic rings. The van der Waals surface area contributed by atoms with Gasteiger partial charge in [-0.3, -0.25) is 14.2 Å². The van der Waals surface area contributed by atoms with Crippen molar-refractivity contribution in [3.8, 4) is 0 Å². The van der Waals surface area contributed by atoms with Gasteiger partial charge in [-0.15, -0.1) is 0 Å². The van der Waals surface area contributed by atoms with Gasteiger partial charge in [0.1, 0.15) is 5.56 Å². The summed E-state index contributed by atoms with van der Waals surface area (Å²) in [6.07, 6.45) is -3.64. The van der Waals surface area contributed by atoms with Gasteiger partial charge in [-0.1, -0.05) is 17.8 Å². The lowest BCUT2D eigenvalue weighted by Gasteiger charge is -2.10. The van der Waals surface area contributed by atoms with Crippen molar-refractivity contribution in [3.05, 3.63) is 51.9 Å². The van der Waals surface area contributed by atoms with Gasteiger partial charge in [0, 0.05) is 18.9 Å². The van der Waals surface area contributed by atoms with Gasteiger partial charge in [-0.25, -0.2) is 9.78 Å². The number of rotatable bonds is 5. The van der Waals surface area contributed by atoms with E-state index in [0.29, 0.717) is 0 Å². The number of carbonyl (C=O) groups is 2. The summed E-state index contributed by atoms with van der Waals surface area (Å²) in [5.41, 5.74) is -2.21. The molecular formula is C15H12F3N3O4S. The summed E-state index contributed by atoms with van der Waals surface area (Å²) in [6.45, 7) is 0. The second-order valence-electron chi connectivity index (χ2n) is 5.04. The third kappa shape index (κ3) is 4.63. The molecule has 26 heavy (non-hydrogen) atoms. The van der Waals surface area contributed by atoms with Crippen LogP contribution in [0, 0.1) is 0 Å². The van der Waals surface area contributed by atoms with E-state index < -0.39 is 34.7 Å². The van der Waals surface area contributed by atoms with E-state index in [1.807, 2.05) is 0 Å². The highest BCUT2D eigenvalue weighted by Gasteiger charge is 2.30. The fourth-order valence-electron chi connectivity index (χ4n) is 1.91. The summed E-state index contributed by atoms with van der Waals surface area (Å²) in [5.74, 6) is -2.26. The first-order valence-electron chi connectivity index (χ1n) is 6.99. The van der Waals surface area contributed by atoms with Crippen molar-refractivity contribution in [2.24, 2.45) is 7.05 Å². The van der Waals surface area contributed by atoms with Crippen LogP contribution in [0.5, 0.6) is 0 Å². The molecule has 0 spiro atoms. The van der Waals surface area contributed by atoms with Gasteiger partial charge in [-0.05, 0) is 18.2 Å². The second kappa shape index (κ2) is 7.60. The molecule has 0 aliphatic heterocycles. The molecule has 2 rings (SSSR count). The molecule has 2 N–H and O–H groups in total. The van der Waals surface area contributed by atoms with Gasteiger partial charge in [-0.2, -0.15) is 13.2 Å². The molecule has 7 nitrogen and oxygen atoms in total. The Kier molecular flexibility index (Phi) is 5.70. The number of nitrogens with zero attached hydrogens (tertiary/aromatic N) is 2. The summed E-state index contributed by atoms with van der Waals surface area (Å²) in [4.78, 5) is 38.4. The monoisotopic (exact) mass is 387 g/mol. The molecule has 1 heterocycles. The Morgan fingerprint density at radius 3 is 2.65 bits per heavy atom. The van der Waals surface area contributed by atoms with Crippen molar-refractivity contribution >= 4 is 29.3 Å². The number of aromatic carboxylic acids is 1. The minimum absolute atomic E-state index is 0.0199. The van der Waals surface area contributed by atoms with Crippen LogP contribution < -0.4 is 10.9 Å². The van der Waals surface area contributed by atoms with Crippen molar-refractivity contribution in [1.29, 1.82) is 0 Å². The zero-order valence-corrected chi connectivity index (χ0v) is 14.0. The quantitative estimate of drug-likeness (QED) is 0.603. The molecule has 0 saturated carbocycles. The molecule has 0 saturated heterocycles. The van der Waals surface area contributed by atoms with Gasteiger partial charge < -0.3 is 10.4 Å². The molecule has 0 aliphatic carbocycles. The number of carboxylic acid groups (broad SMARTS) is 1. The van der Waals surface area contributed by atoms with Gasteiger partial charge in [0.05, 0.1) is 11.3 Å². The Balaban J connectivity index is 2.05. The van der Waals surface area contributed by atoms with Crippen LogP contribution in [-0.2, 0) is 18.0 Å². The van der Waals surface area contributed by atoms with E-state index in [9.17, 15) is 27.6 Å². The average molecular weight is 387 g/mol. The van der Waals surface area contributed by atoms with E-state index in [1.54, 1.807) is 0 Å². The number of thioether (sulfide) groups is 1. The maximum absolute atomic E-state index is 12.6. The zero-order chi connectivity index (χ0) is 19.5. The van der Waals surface area contributed by atoms with Crippen molar-refractivity contribution in [3.63, 3.8) is 0 Å². The number of hydrogen-bond donors (Lipinski definition) is 2. The lowest BCUT2D eigenvalue weighted by molar-refractivity contribution is -0.137. The number of alkyl halides is 3. The predicted molar refractivity (Wildman–Crippen MR) is 87.2 cm³/mol. The van der Waals surface area contributed by atoms with Gasteiger partial charge in [0.2, 0.25) is 5.91 Å². The number of anilines is 1. The predicted octanol–water partition coefficient (Wildman–Crippen LogP) is 2.23. The minimum Gasteiger partial charge on any atom is -0.477 e. The van der Waals surface area contributed by atoms with E-state index in [1.165, 1.54) is 19.2 Å². The topological polar surface area (TPSA) is 101 Å². The molecule has 11 heteroatoms. The number of carbonyl (C=O) groups excluding carboxylic acids is 1. The second-order valence-corrected chi connectivity index (χ2v) is 5.98. The smallest absolute Gasteiger partial charge is 0.416 e. The maximum Gasteiger partial charge on any atom is 0.416 e. The molecule has 0 radical (unpaired) electrons. The fraction of sp³-hybridized carbons (Fsp3) is 0.200. The van der Waals surface area contributed by atoms with Crippen molar-refractivity contribution in [1.82, 2.24) is 9.55 Å². The number of hydrogen-bond acceptors (Lipinski definition) is 5. The minimum atomic E-state index is -4.52. The van der Waals surface area contributed by atoms with Crippen molar-refractivity contribution in [2.45, 2.75) is 11.3 Å². The van der Waals surface area contributed by atoms with E-state index in [0.717, 1.165) is 34.7 Å². The van der Waals surface area contributed by atoms with Crippen LogP contribution in [0.25, 0.3) is 0 Å². The molecule has 0 aliphatic rings. The lowest BCUT2D eigenvalue weighted by Crippen LogP contribution is -2.26. The summed E-state index contributed by atoms with van der Waals surface area (Å²) in [7, 11) is 1.30. The van der Waals surface area contributed by atoms with E-state index in [2.05, 4.69) is 10.3 Å². The molecule has 1 aromatic heterocycles. The van der Waals surface area contributed by atoms with Crippen molar-refractivity contribution < 1.29 is 27.9 Å². The highest BCUT2D eigenvalue weighted by molar-refractivity contribution is 7.99. The highest BCUT2D eigenvalue weighted by atomic mass is 32.2. The standard InChI is InChI=1S/C15H12F3N3O4S/c1-21-12(23)10(13(24)25)6-19-14(21)26-7-11(22)20-9-4-2-3-8(5-9)15(16,17)18/h2-6H,7H2,1H3,(H,20,22)(H,24,25). The SMILES string of the molecule is Cn1c(SCC(=O)Nc2cccc(C(F)(F)F)c2)ncc(C(=O)O)c1=O. The summed E-state index contributed by atoms with van der Waals surface area (Å²) in [6, 6.07) is 4.17. The number of aromatic nitrogens is 2. The van der Waals surface area contributed by atoms with Crippen LogP contribution >= 0.6 is 11.8 Å². The van der Waals surface area contributed by atoms with Gasteiger partial charge >= 0.3 is 12.1 Å². The Bertz CT molecular complexity index is 912. The molecule has 138 valence electrons. The fourth-order valence-corrected chi connectivity index (χ4v) is 2.65. The van der Waals surface area contributed by atoms with Crippen LogP contribution in [0.4, 0.5) is 18.9 Å². The third-order valence-electron chi connectivity index (χ3n) is 3.16. The number of amides is 1. The van der Waals surface area contributed by atoms with Crippen LogP contribution in [0.2, 0.25) is 0 Å². The first-order valence-corrected chi connectivity index (χ1v) is 7.97. The van der Waals surface area contributed by atoms with Crippen LogP contribution in [0.15, 0.2) is 40.4 Å². The van der Waals surface area contributed by atoms with E-state index >= 15 is 0 Å². The average Bonchev–Trinajstić information content (AvgIpc) is 2.55. The Labute approximate surface area is 148 Å². The van der Waals surface area contributed by atoms with Crippen LogP contribution in [0.3, 0.4) is 0 Å². The first kappa shape index (κ1) is 19.5. The normalized spacial score (nSPS) is 11.2. The van der Waals surface area contributed by atoms with Gasteiger partial charge in [0.15, 0.2) is 5.16 Å². The molecule has 0 unspecified atom stereocenters. The van der Waals surface area contributed by atoms with Crippen molar-refractivity contribution in [2.75, 3.05) is 11.1 Å². The number of carboxylic acids is 1. The lowest BCUT2D eigenvalue weighted by atomic mass is 10.2. The number of nitrogens with one attached hydrogen (secondary N) is 1. The first-order chi connectivity index (χ1) is 12.1. The maximum atomic E-state index is 12.6. The van der Waals surface area contributed by atoms with E-state index in [4.69, 9.17) is 5.11 Å². The summed E-state index contributed by atoms with van der Waals surface area (Å²) in [5, 5.41) is 11.3. The third-order valence-corrected chi connectivity index (χ3v) is 4.21. The molecule has 0 fully saturated rings. The van der Waals surface area contributed by atoms with Crippen LogP contribution in [0.1, 0.15) is 15.9 Å². The van der Waals surface area contributed by atoms with E-state index in [-0.39, 0.29) is 16.6 Å². The molecule has 1 aromatic carbocycles. The number of halogens is 3. The molecular weight excluding hydrogens is 375 g/mol. The van der Waals surface area contributed by atoms with Crippen LogP contribution in [-0.4, -0.2) is 32.3 Å². The Hall–Kier alpha value is -2.82. The highest BCUT2D eigenvalue weighted by Crippen LogP contribution is 2.30. The van der Waals surface area contributed by atoms with Gasteiger partial charge in [0.25, 0.3) is 5.56 Å². The number of benzene rings is 1. The summed E-state index contributed by atoms with van der Waals surface area (Å²) < 4.78 is 38.9. The Morgan fingerprint density at radius 2 is 2.04 bits per heavy atom. The summed E-state index contributed by atoms with van der Waals surface area (Å²) >= 11 is 0.843. The molecule has 0 atom stereocenters. The zero-order valence-electron chi connectivity index (χ0n) is 13.2. The Morgan fingerprint density at radius 1 is 1.35 bits per heavy atom.